The molecule has 30 heavy (non-hydrogen) atoms. The van der Waals surface area contributed by atoms with Gasteiger partial charge >= 0.3 is 6.05 Å². The number of allylic oxidation sites excluding steroid dienone is 4. The molecule has 7 heteroatoms. The maximum atomic E-state index is 14.6. The average Bonchev–Trinajstić information content (AvgIpc) is 2.98. The number of halogens is 2. The minimum atomic E-state index is -3.39. The van der Waals surface area contributed by atoms with Gasteiger partial charge in [-0.1, -0.05) is 57.2 Å². The quantitative estimate of drug-likeness (QED) is 0.245. The summed E-state index contributed by atoms with van der Waals surface area (Å²) in [6.45, 7) is 8.16. The zero-order chi connectivity index (χ0) is 22.7. The van der Waals surface area contributed by atoms with Crippen LogP contribution in [0.4, 0.5) is 8.78 Å². The molecule has 0 saturated heterocycles. The molecule has 0 radical (unpaired) electrons. The van der Waals surface area contributed by atoms with Crippen LogP contribution in [0.3, 0.4) is 0 Å². The van der Waals surface area contributed by atoms with E-state index in [2.05, 4.69) is 5.32 Å². The van der Waals surface area contributed by atoms with Crippen molar-refractivity contribution in [3.8, 4) is 0 Å². The van der Waals surface area contributed by atoms with Crippen molar-refractivity contribution in [2.45, 2.75) is 46.3 Å². The third kappa shape index (κ3) is 6.08. The Hall–Kier alpha value is -2.35. The normalized spacial score (nSPS) is 18.0. The highest BCUT2D eigenvalue weighted by molar-refractivity contribution is 5.83. The summed E-state index contributed by atoms with van der Waals surface area (Å²) >= 11 is 0. The lowest BCUT2D eigenvalue weighted by Crippen LogP contribution is -2.31. The van der Waals surface area contributed by atoms with Crippen LogP contribution in [0.25, 0.3) is 5.70 Å². The Bertz CT molecular complexity index is 788. The summed E-state index contributed by atoms with van der Waals surface area (Å²) in [5, 5.41) is 21.1. The second-order valence-electron chi connectivity index (χ2n) is 6.54. The molecule has 0 aromatic heterocycles. The number of carbonyl (C=O) groups is 1. The minimum Gasteiger partial charge on any atom is -0.394 e. The third-order valence-corrected chi connectivity index (χ3v) is 4.51. The average molecular weight is 423 g/mol. The molecule has 0 spiro atoms. The second-order valence-corrected chi connectivity index (χ2v) is 6.54. The lowest BCUT2D eigenvalue weighted by molar-refractivity contribution is -0.146. The molecule has 1 amide bonds. The van der Waals surface area contributed by atoms with Crippen molar-refractivity contribution in [3.05, 3.63) is 64.8 Å². The fourth-order valence-electron chi connectivity index (χ4n) is 3.01. The van der Waals surface area contributed by atoms with E-state index in [1.165, 1.54) is 12.1 Å². The van der Waals surface area contributed by atoms with Crippen LogP contribution in [0.5, 0.6) is 0 Å². The predicted octanol–water partition coefficient (Wildman–Crippen LogP) is 3.80. The number of nitrogens with zero attached hydrogens (tertiary/aromatic N) is 1. The number of alkyl halides is 2. The number of carbonyl (C=O) groups excluding carboxylic acids is 1. The van der Waals surface area contributed by atoms with Crippen LogP contribution in [0.1, 0.15) is 45.2 Å². The maximum Gasteiger partial charge on any atom is 0.359 e. The number of hydrogen-bond donors (Lipinski definition) is 3. The molecule has 2 rings (SSSR count). The second kappa shape index (κ2) is 12.4. The van der Waals surface area contributed by atoms with Gasteiger partial charge < -0.3 is 15.5 Å². The highest BCUT2D eigenvalue weighted by Crippen LogP contribution is 2.47. The molecule has 0 fully saturated rings. The van der Waals surface area contributed by atoms with E-state index in [1.807, 2.05) is 39.8 Å². The van der Waals surface area contributed by atoms with Gasteiger partial charge in [-0.25, -0.2) is 4.90 Å². The Morgan fingerprint density at radius 3 is 2.53 bits per heavy atom. The summed E-state index contributed by atoms with van der Waals surface area (Å²) in [7, 11) is 0. The van der Waals surface area contributed by atoms with Crippen molar-refractivity contribution in [2.24, 2.45) is 0 Å². The van der Waals surface area contributed by atoms with E-state index >= 15 is 0 Å². The summed E-state index contributed by atoms with van der Waals surface area (Å²) in [5.41, 5.74) is 1.89. The number of rotatable bonds is 9. The molecular formula is C23H32F2N2O3. The molecule has 0 aliphatic carbocycles. The zero-order valence-corrected chi connectivity index (χ0v) is 18.0. The van der Waals surface area contributed by atoms with Gasteiger partial charge in [0, 0.05) is 18.7 Å². The molecule has 0 bridgehead atoms. The van der Waals surface area contributed by atoms with Crippen LogP contribution in [-0.4, -0.2) is 47.3 Å². The SMILES string of the molecule is CC.CC/C=C(/C=C1/c2ccccc2C(F)(F)N1C=O)C(\C)=C/CNCC(O)CO. The van der Waals surface area contributed by atoms with E-state index in [4.69, 9.17) is 5.11 Å². The van der Waals surface area contributed by atoms with Gasteiger partial charge in [-0.15, -0.1) is 0 Å². The van der Waals surface area contributed by atoms with Crippen LogP contribution >= 0.6 is 0 Å². The minimum absolute atomic E-state index is 0.159. The largest absolute Gasteiger partial charge is 0.394 e. The van der Waals surface area contributed by atoms with Gasteiger partial charge in [-0.05, 0) is 30.6 Å². The van der Waals surface area contributed by atoms with Crippen LogP contribution in [0.2, 0.25) is 0 Å². The highest BCUT2D eigenvalue weighted by Gasteiger charge is 2.49. The fourth-order valence-corrected chi connectivity index (χ4v) is 3.01. The van der Waals surface area contributed by atoms with E-state index in [9.17, 15) is 18.7 Å². The number of hydrogen-bond acceptors (Lipinski definition) is 4. The van der Waals surface area contributed by atoms with Gasteiger partial charge in [-0.3, -0.25) is 4.79 Å². The molecule has 1 aliphatic heterocycles. The molecule has 1 unspecified atom stereocenters. The van der Waals surface area contributed by atoms with Crippen LogP contribution < -0.4 is 5.32 Å². The van der Waals surface area contributed by atoms with Crippen LogP contribution in [-0.2, 0) is 10.8 Å². The monoisotopic (exact) mass is 422 g/mol. The fraction of sp³-hybridized carbons (Fsp3) is 0.435. The topological polar surface area (TPSA) is 72.8 Å². The van der Waals surface area contributed by atoms with Crippen molar-refractivity contribution in [1.82, 2.24) is 10.2 Å². The van der Waals surface area contributed by atoms with Gasteiger partial charge in [0.15, 0.2) is 0 Å². The summed E-state index contributed by atoms with van der Waals surface area (Å²) in [5.74, 6) is 0. The maximum absolute atomic E-state index is 14.6. The molecule has 1 aromatic carbocycles. The van der Waals surface area contributed by atoms with E-state index < -0.39 is 12.2 Å². The molecule has 1 aliphatic rings. The number of fused-ring (bicyclic) bond motifs is 1. The number of nitrogens with one attached hydrogen (secondary N) is 1. The smallest absolute Gasteiger partial charge is 0.359 e. The Balaban J connectivity index is 0.00000218. The standard InChI is InChI=1S/C21H26F2N2O3.C2H6/c1-3-6-16(15(2)9-10-24-12-17(28)13-26)11-20-18-7-4-5-8-19(18)21(22,23)25(20)14-27;1-2/h4-9,11,14,17,24,26,28H,3,10,12-13H2,1-2H3;1-2H3/b15-9-,16-6-,20-11-;. The number of benzene rings is 1. The van der Waals surface area contributed by atoms with Crippen molar-refractivity contribution in [1.29, 1.82) is 0 Å². The van der Waals surface area contributed by atoms with Crippen molar-refractivity contribution >= 4 is 12.1 Å². The third-order valence-electron chi connectivity index (χ3n) is 4.51. The highest BCUT2D eigenvalue weighted by atomic mass is 19.3. The first-order chi connectivity index (χ1) is 14.4. The van der Waals surface area contributed by atoms with Gasteiger partial charge in [0.05, 0.1) is 24.0 Å². The molecule has 0 saturated carbocycles. The van der Waals surface area contributed by atoms with Crippen molar-refractivity contribution in [2.75, 3.05) is 19.7 Å². The molecule has 5 nitrogen and oxygen atoms in total. The molecule has 166 valence electrons. The first kappa shape index (κ1) is 25.7. The van der Waals surface area contributed by atoms with E-state index in [1.54, 1.807) is 18.2 Å². The first-order valence-electron chi connectivity index (χ1n) is 10.2. The van der Waals surface area contributed by atoms with Gasteiger partial charge in [-0.2, -0.15) is 8.78 Å². The van der Waals surface area contributed by atoms with E-state index in [0.717, 1.165) is 11.1 Å². The molecule has 1 atom stereocenters. The lowest BCUT2D eigenvalue weighted by Gasteiger charge is -2.21. The van der Waals surface area contributed by atoms with Crippen molar-refractivity contribution in [3.63, 3.8) is 0 Å². The zero-order valence-electron chi connectivity index (χ0n) is 18.0. The Kier molecular flexibility index (Phi) is 10.6. The molecule has 1 heterocycles. The molecule has 3 N–H and O–H groups in total. The van der Waals surface area contributed by atoms with E-state index in [0.29, 0.717) is 23.4 Å². The van der Waals surface area contributed by atoms with E-state index in [-0.39, 0.29) is 30.8 Å². The van der Waals surface area contributed by atoms with Gasteiger partial charge in [0.25, 0.3) is 0 Å². The lowest BCUT2D eigenvalue weighted by atomic mass is 10.0. The number of amides is 1. The van der Waals surface area contributed by atoms with Gasteiger partial charge in [0.2, 0.25) is 6.41 Å². The summed E-state index contributed by atoms with van der Waals surface area (Å²) in [4.78, 5) is 11.9. The van der Waals surface area contributed by atoms with Crippen LogP contribution in [0.15, 0.2) is 53.6 Å². The van der Waals surface area contributed by atoms with Gasteiger partial charge in [0.1, 0.15) is 0 Å². The first-order valence-corrected chi connectivity index (χ1v) is 10.2. The number of aliphatic hydroxyl groups excluding tert-OH is 2. The summed E-state index contributed by atoms with van der Waals surface area (Å²) < 4.78 is 29.2. The number of aliphatic hydroxyl groups is 2. The Morgan fingerprint density at radius 2 is 1.93 bits per heavy atom. The van der Waals surface area contributed by atoms with Crippen molar-refractivity contribution < 1.29 is 23.8 Å². The predicted molar refractivity (Wildman–Crippen MR) is 116 cm³/mol. The summed E-state index contributed by atoms with van der Waals surface area (Å²) in [6, 6.07) is 2.72. The Morgan fingerprint density at radius 1 is 1.27 bits per heavy atom. The van der Waals surface area contributed by atoms with Crippen LogP contribution in [0, 0.1) is 0 Å². The molecular weight excluding hydrogens is 390 g/mol. The molecule has 1 aromatic rings. The summed E-state index contributed by atoms with van der Waals surface area (Å²) in [6.07, 6.45) is 5.40. The Labute approximate surface area is 177 Å².